The second kappa shape index (κ2) is 2.67. The Labute approximate surface area is 82.6 Å². The van der Waals surface area contributed by atoms with Crippen LogP contribution in [0.15, 0.2) is 24.3 Å². The molecule has 0 amide bonds. The molecule has 1 aromatic carbocycles. The minimum Gasteiger partial charge on any atom is -0.396 e. The van der Waals surface area contributed by atoms with Gasteiger partial charge in [0.2, 0.25) is 0 Å². The summed E-state index contributed by atoms with van der Waals surface area (Å²) in [5, 5.41) is 9.18. The first-order valence-electron chi connectivity index (χ1n) is 5.06. The van der Waals surface area contributed by atoms with Crippen molar-refractivity contribution in [1.82, 2.24) is 0 Å². The quantitative estimate of drug-likeness (QED) is 0.724. The van der Waals surface area contributed by atoms with E-state index in [1.165, 1.54) is 5.56 Å². The molecule has 2 nitrogen and oxygen atoms in total. The second-order valence-electron chi connectivity index (χ2n) is 4.24. The van der Waals surface area contributed by atoms with Gasteiger partial charge in [-0.05, 0) is 23.5 Å². The summed E-state index contributed by atoms with van der Waals surface area (Å²) in [6.07, 6.45) is 0.844. The molecular weight excluding hydrogens is 176 g/mol. The van der Waals surface area contributed by atoms with Crippen molar-refractivity contribution >= 4 is 5.78 Å². The summed E-state index contributed by atoms with van der Waals surface area (Å²) < 4.78 is 0. The topological polar surface area (TPSA) is 37.3 Å². The number of aliphatic hydroxyl groups excluding tert-OH is 1. The summed E-state index contributed by atoms with van der Waals surface area (Å²) in [6.45, 7) is 0.140. The van der Waals surface area contributed by atoms with Crippen LogP contribution in [-0.2, 0) is 4.79 Å². The highest BCUT2D eigenvalue weighted by Crippen LogP contribution is 2.53. The molecule has 0 aromatic heterocycles. The zero-order valence-corrected chi connectivity index (χ0v) is 7.81. The van der Waals surface area contributed by atoms with Gasteiger partial charge in [0.05, 0.1) is 0 Å². The lowest BCUT2D eigenvalue weighted by Gasteiger charge is -2.20. The Morgan fingerprint density at radius 2 is 2.00 bits per heavy atom. The third-order valence-electron chi connectivity index (χ3n) is 3.60. The molecule has 0 spiro atoms. The normalized spacial score (nSPS) is 33.5. The molecule has 0 saturated heterocycles. The van der Waals surface area contributed by atoms with Crippen molar-refractivity contribution in [1.29, 1.82) is 0 Å². The van der Waals surface area contributed by atoms with Crippen LogP contribution in [0.1, 0.15) is 29.4 Å². The molecule has 1 N–H and O–H groups in total. The SMILES string of the molecule is O=C1C2CC(CO)C1c1ccccc12. The van der Waals surface area contributed by atoms with Crippen LogP contribution in [0.25, 0.3) is 0 Å². The average Bonchev–Trinajstić information content (AvgIpc) is 2.70. The van der Waals surface area contributed by atoms with Crippen LogP contribution >= 0.6 is 0 Å². The Kier molecular flexibility index (Phi) is 1.56. The molecular formula is C12H12O2. The van der Waals surface area contributed by atoms with Crippen LogP contribution in [0.2, 0.25) is 0 Å². The highest BCUT2D eigenvalue weighted by Gasteiger charge is 2.50. The van der Waals surface area contributed by atoms with Crippen molar-refractivity contribution in [2.75, 3.05) is 6.61 Å². The molecule has 1 fully saturated rings. The van der Waals surface area contributed by atoms with E-state index in [9.17, 15) is 9.90 Å². The van der Waals surface area contributed by atoms with E-state index >= 15 is 0 Å². The van der Waals surface area contributed by atoms with Gasteiger partial charge in [-0.2, -0.15) is 0 Å². The molecule has 3 atom stereocenters. The molecule has 0 aliphatic heterocycles. The first-order chi connectivity index (χ1) is 6.83. The molecule has 0 heterocycles. The number of fused-ring (bicyclic) bond motifs is 5. The number of ketones is 1. The first-order valence-corrected chi connectivity index (χ1v) is 5.06. The molecule has 14 heavy (non-hydrogen) atoms. The molecule has 2 aliphatic rings. The van der Waals surface area contributed by atoms with Gasteiger partial charge in [-0.3, -0.25) is 4.79 Å². The minimum atomic E-state index is -0.0128. The summed E-state index contributed by atoms with van der Waals surface area (Å²) in [6, 6.07) is 8.03. The van der Waals surface area contributed by atoms with Crippen molar-refractivity contribution in [2.24, 2.45) is 5.92 Å². The summed E-state index contributed by atoms with van der Waals surface area (Å²) in [7, 11) is 0. The predicted molar refractivity (Wildman–Crippen MR) is 52.1 cm³/mol. The molecule has 2 aliphatic carbocycles. The van der Waals surface area contributed by atoms with Crippen molar-refractivity contribution in [3.05, 3.63) is 35.4 Å². The molecule has 2 bridgehead atoms. The zero-order valence-electron chi connectivity index (χ0n) is 7.81. The number of hydrogen-bond acceptors (Lipinski definition) is 2. The van der Waals surface area contributed by atoms with E-state index in [-0.39, 0.29) is 24.4 Å². The average molecular weight is 188 g/mol. The fourth-order valence-corrected chi connectivity index (χ4v) is 2.98. The monoisotopic (exact) mass is 188 g/mol. The minimum absolute atomic E-state index is 0.0128. The van der Waals surface area contributed by atoms with Crippen molar-refractivity contribution in [3.63, 3.8) is 0 Å². The van der Waals surface area contributed by atoms with E-state index in [1.54, 1.807) is 0 Å². The van der Waals surface area contributed by atoms with Crippen LogP contribution in [-0.4, -0.2) is 17.5 Å². The van der Waals surface area contributed by atoms with Gasteiger partial charge in [0, 0.05) is 18.4 Å². The van der Waals surface area contributed by atoms with Crippen molar-refractivity contribution in [2.45, 2.75) is 18.3 Å². The number of aliphatic hydroxyl groups is 1. The van der Waals surface area contributed by atoms with Gasteiger partial charge in [-0.1, -0.05) is 24.3 Å². The molecule has 3 rings (SSSR count). The van der Waals surface area contributed by atoms with Crippen LogP contribution < -0.4 is 0 Å². The van der Waals surface area contributed by atoms with Gasteiger partial charge in [-0.15, -0.1) is 0 Å². The lowest BCUT2D eigenvalue weighted by Crippen LogP contribution is -2.15. The number of rotatable bonds is 1. The Hall–Kier alpha value is -1.15. The standard InChI is InChI=1S/C12H12O2/c13-6-7-5-10-8-3-1-2-4-9(8)11(7)12(10)14/h1-4,7,10-11,13H,5-6H2. The maximum Gasteiger partial charge on any atom is 0.148 e. The number of carbonyl (C=O) groups excluding carboxylic acids is 1. The van der Waals surface area contributed by atoms with Crippen LogP contribution in [0.3, 0.4) is 0 Å². The molecule has 0 radical (unpaired) electrons. The van der Waals surface area contributed by atoms with E-state index < -0.39 is 0 Å². The summed E-state index contributed by atoms with van der Waals surface area (Å²) >= 11 is 0. The van der Waals surface area contributed by atoms with Gasteiger partial charge in [-0.25, -0.2) is 0 Å². The molecule has 1 saturated carbocycles. The lowest BCUT2D eigenvalue weighted by molar-refractivity contribution is -0.119. The zero-order chi connectivity index (χ0) is 9.71. The van der Waals surface area contributed by atoms with E-state index in [2.05, 4.69) is 0 Å². The van der Waals surface area contributed by atoms with Gasteiger partial charge in [0.1, 0.15) is 5.78 Å². The fourth-order valence-electron chi connectivity index (χ4n) is 2.98. The Morgan fingerprint density at radius 1 is 1.29 bits per heavy atom. The van der Waals surface area contributed by atoms with E-state index in [4.69, 9.17) is 0 Å². The van der Waals surface area contributed by atoms with Gasteiger partial charge < -0.3 is 5.11 Å². The Balaban J connectivity index is 2.15. The lowest BCUT2D eigenvalue weighted by atomic mass is 9.84. The summed E-state index contributed by atoms with van der Waals surface area (Å²) in [4.78, 5) is 11.9. The summed E-state index contributed by atoms with van der Waals surface area (Å²) in [5.74, 6) is 0.558. The van der Waals surface area contributed by atoms with E-state index in [1.807, 2.05) is 24.3 Å². The summed E-state index contributed by atoms with van der Waals surface area (Å²) in [5.41, 5.74) is 2.36. The maximum atomic E-state index is 11.9. The molecule has 72 valence electrons. The van der Waals surface area contributed by atoms with Crippen molar-refractivity contribution < 1.29 is 9.90 Å². The fraction of sp³-hybridized carbons (Fsp3) is 0.417. The van der Waals surface area contributed by atoms with Gasteiger partial charge >= 0.3 is 0 Å². The first kappa shape index (κ1) is 8.18. The van der Waals surface area contributed by atoms with Crippen LogP contribution in [0, 0.1) is 5.92 Å². The van der Waals surface area contributed by atoms with Crippen LogP contribution in [0.4, 0.5) is 0 Å². The number of benzene rings is 1. The van der Waals surface area contributed by atoms with E-state index in [0.717, 1.165) is 12.0 Å². The van der Waals surface area contributed by atoms with Crippen LogP contribution in [0.5, 0.6) is 0 Å². The number of hydrogen-bond donors (Lipinski definition) is 1. The molecule has 2 heteroatoms. The maximum absolute atomic E-state index is 11.9. The smallest absolute Gasteiger partial charge is 0.148 e. The Morgan fingerprint density at radius 3 is 2.71 bits per heavy atom. The highest BCUT2D eigenvalue weighted by atomic mass is 16.3. The Bertz CT molecular complexity index is 397. The third kappa shape index (κ3) is 0.819. The highest BCUT2D eigenvalue weighted by molar-refractivity contribution is 5.99. The predicted octanol–water partition coefficient (Wildman–Crippen LogP) is 1.45. The second-order valence-corrected chi connectivity index (χ2v) is 4.24. The number of Topliss-reactive ketones (excluding diaryl/α,β-unsaturated/α-hetero) is 1. The third-order valence-corrected chi connectivity index (χ3v) is 3.60. The van der Waals surface area contributed by atoms with Gasteiger partial charge in [0.15, 0.2) is 0 Å². The molecule has 1 aromatic rings. The largest absolute Gasteiger partial charge is 0.396 e. The van der Waals surface area contributed by atoms with E-state index in [0.29, 0.717) is 5.78 Å². The molecule has 3 unspecified atom stereocenters. The van der Waals surface area contributed by atoms with Crippen molar-refractivity contribution in [3.8, 4) is 0 Å². The van der Waals surface area contributed by atoms with Gasteiger partial charge in [0.25, 0.3) is 0 Å². The number of carbonyl (C=O) groups is 1.